The molecule has 4 aromatic rings. The summed E-state index contributed by atoms with van der Waals surface area (Å²) in [5, 5.41) is 4.44. The van der Waals surface area contributed by atoms with Crippen LogP contribution < -0.4 is 19.6 Å². The molecule has 33 heavy (non-hydrogen) atoms. The van der Waals surface area contributed by atoms with Crippen molar-refractivity contribution in [2.45, 2.75) is 46.0 Å². The van der Waals surface area contributed by atoms with Crippen LogP contribution in [0, 0.1) is 0 Å². The van der Waals surface area contributed by atoms with E-state index in [4.69, 9.17) is 9.47 Å². The van der Waals surface area contributed by atoms with Crippen molar-refractivity contribution >= 4 is 22.4 Å². The Labute approximate surface area is 197 Å². The molecule has 0 atom stereocenters. The molecule has 0 unspecified atom stereocenters. The summed E-state index contributed by atoms with van der Waals surface area (Å²) in [5.74, 6) is 2.18. The second-order valence-corrected chi connectivity index (χ2v) is 8.91. The molecule has 7 heteroatoms. The minimum absolute atomic E-state index is 0.164. The molecule has 0 radical (unpaired) electrons. The van der Waals surface area contributed by atoms with Crippen LogP contribution in [0.1, 0.15) is 51.5 Å². The average molecular weight is 464 g/mol. The highest BCUT2D eigenvalue weighted by Crippen LogP contribution is 2.21. The Bertz CT molecular complexity index is 1290. The number of hydrogen-bond acceptors (Lipinski definition) is 6. The summed E-state index contributed by atoms with van der Waals surface area (Å²) in [6.45, 7) is 5.72. The fourth-order valence-electron chi connectivity index (χ4n) is 3.38. The molecular weight excluding hydrogens is 434 g/mol. The molecule has 0 saturated heterocycles. The van der Waals surface area contributed by atoms with Gasteiger partial charge in [0.15, 0.2) is 5.82 Å². The summed E-state index contributed by atoms with van der Waals surface area (Å²) in [6.07, 6.45) is 7.36. The highest BCUT2D eigenvalue weighted by molar-refractivity contribution is 7.15. The van der Waals surface area contributed by atoms with Crippen LogP contribution in [0.15, 0.2) is 53.3 Å². The minimum Gasteiger partial charge on any atom is -0.494 e. The molecular formula is C26H29N3O3S. The third-order valence-corrected chi connectivity index (χ3v) is 6.19. The molecule has 172 valence electrons. The highest BCUT2D eigenvalue weighted by Gasteiger charge is 2.12. The molecule has 0 spiro atoms. The summed E-state index contributed by atoms with van der Waals surface area (Å²) in [6, 6.07) is 15.5. The number of ether oxygens (including phenoxy) is 2. The maximum Gasteiger partial charge on any atom is 0.291 e. The predicted molar refractivity (Wildman–Crippen MR) is 133 cm³/mol. The van der Waals surface area contributed by atoms with E-state index in [1.54, 1.807) is 0 Å². The normalized spacial score (nSPS) is 11.9. The first-order chi connectivity index (χ1) is 16.2. The molecule has 2 heterocycles. The molecule has 0 N–H and O–H groups in total. The van der Waals surface area contributed by atoms with Crippen molar-refractivity contribution in [1.29, 1.82) is 0 Å². The number of benzene rings is 2. The van der Waals surface area contributed by atoms with Gasteiger partial charge in [-0.15, -0.1) is 5.10 Å². The zero-order valence-electron chi connectivity index (χ0n) is 19.1. The van der Waals surface area contributed by atoms with E-state index in [0.29, 0.717) is 28.5 Å². The van der Waals surface area contributed by atoms with Gasteiger partial charge in [0.25, 0.3) is 5.56 Å². The van der Waals surface area contributed by atoms with Crippen LogP contribution in [0.4, 0.5) is 0 Å². The van der Waals surface area contributed by atoms with Gasteiger partial charge >= 0.3 is 0 Å². The van der Waals surface area contributed by atoms with Gasteiger partial charge in [0, 0.05) is 5.56 Å². The van der Waals surface area contributed by atoms with E-state index in [2.05, 4.69) is 23.9 Å². The van der Waals surface area contributed by atoms with Crippen LogP contribution in [0.2, 0.25) is 0 Å². The number of unbranched alkanes of at least 4 members (excludes halogenated alkanes) is 3. The van der Waals surface area contributed by atoms with Crippen LogP contribution >= 0.6 is 11.3 Å². The van der Waals surface area contributed by atoms with Crippen LogP contribution in [0.3, 0.4) is 0 Å². The quantitative estimate of drug-likeness (QED) is 0.289. The molecule has 2 aromatic carbocycles. The maximum absolute atomic E-state index is 12.9. The molecule has 0 saturated carbocycles. The molecule has 0 aliphatic rings. The van der Waals surface area contributed by atoms with Crippen LogP contribution in [0.5, 0.6) is 11.5 Å². The number of hydrogen-bond donors (Lipinski definition) is 0. The van der Waals surface area contributed by atoms with E-state index in [0.717, 1.165) is 54.7 Å². The number of rotatable bonds is 11. The molecule has 2 aromatic heterocycles. The number of fused-ring (bicyclic) bond motifs is 1. The van der Waals surface area contributed by atoms with Crippen molar-refractivity contribution in [2.75, 3.05) is 13.2 Å². The molecule has 0 bridgehead atoms. The Morgan fingerprint density at radius 2 is 1.70 bits per heavy atom. The monoisotopic (exact) mass is 463 g/mol. The second-order valence-electron chi connectivity index (χ2n) is 7.90. The summed E-state index contributed by atoms with van der Waals surface area (Å²) in [5.41, 5.74) is 1.61. The number of aromatic nitrogens is 3. The van der Waals surface area contributed by atoms with Crippen LogP contribution in [-0.2, 0) is 0 Å². The van der Waals surface area contributed by atoms with Gasteiger partial charge < -0.3 is 9.47 Å². The second kappa shape index (κ2) is 11.1. The standard InChI is InChI=1S/C26H29N3O3S/c1-3-5-7-16-32-22-10-8-9-19(17-22)18-23-25(30)29-26(33-23)27-24(28-29)20-11-13-21(14-12-20)31-15-6-4-2/h8-14,17-18H,3-7,15-16H2,1-2H3. The van der Waals surface area contributed by atoms with E-state index in [9.17, 15) is 4.79 Å². The minimum atomic E-state index is -0.164. The largest absolute Gasteiger partial charge is 0.494 e. The predicted octanol–water partition coefficient (Wildman–Crippen LogP) is 5.11. The van der Waals surface area contributed by atoms with Gasteiger partial charge in [-0.05, 0) is 60.9 Å². The first-order valence-corrected chi connectivity index (χ1v) is 12.4. The Balaban J connectivity index is 1.51. The lowest BCUT2D eigenvalue weighted by Crippen LogP contribution is -2.23. The zero-order valence-corrected chi connectivity index (χ0v) is 19.9. The molecule has 0 aliphatic heterocycles. The zero-order chi connectivity index (χ0) is 23.0. The first kappa shape index (κ1) is 23.0. The first-order valence-electron chi connectivity index (χ1n) is 11.6. The fraction of sp³-hybridized carbons (Fsp3) is 0.346. The van der Waals surface area contributed by atoms with Gasteiger partial charge in [-0.3, -0.25) is 4.79 Å². The van der Waals surface area contributed by atoms with Gasteiger partial charge in [-0.25, -0.2) is 0 Å². The maximum atomic E-state index is 12.9. The number of nitrogens with zero attached hydrogens (tertiary/aromatic N) is 3. The molecule has 4 rings (SSSR count). The topological polar surface area (TPSA) is 65.7 Å². The summed E-state index contributed by atoms with van der Waals surface area (Å²) >= 11 is 1.34. The van der Waals surface area contributed by atoms with Gasteiger partial charge in [-0.2, -0.15) is 9.50 Å². The molecule has 0 amide bonds. The summed E-state index contributed by atoms with van der Waals surface area (Å²) in [7, 11) is 0. The van der Waals surface area contributed by atoms with Crippen LogP contribution in [-0.4, -0.2) is 27.8 Å². The highest BCUT2D eigenvalue weighted by atomic mass is 32.1. The number of thiazole rings is 1. The molecule has 0 aliphatic carbocycles. The van der Waals surface area contributed by atoms with E-state index in [1.165, 1.54) is 15.9 Å². The Kier molecular flexibility index (Phi) is 7.73. The summed E-state index contributed by atoms with van der Waals surface area (Å²) < 4.78 is 13.5. The van der Waals surface area contributed by atoms with E-state index in [1.807, 2.05) is 54.6 Å². The molecule has 6 nitrogen and oxygen atoms in total. The van der Waals surface area contributed by atoms with E-state index >= 15 is 0 Å². The fourth-order valence-corrected chi connectivity index (χ4v) is 4.29. The van der Waals surface area contributed by atoms with Crippen LogP contribution in [0.25, 0.3) is 22.4 Å². The van der Waals surface area contributed by atoms with Crippen molar-refractivity contribution in [1.82, 2.24) is 14.6 Å². The van der Waals surface area contributed by atoms with E-state index < -0.39 is 0 Å². The lowest BCUT2D eigenvalue weighted by atomic mass is 10.2. The Morgan fingerprint density at radius 1 is 0.939 bits per heavy atom. The third-order valence-electron chi connectivity index (χ3n) is 5.23. The van der Waals surface area contributed by atoms with Crippen molar-refractivity contribution in [3.05, 3.63) is 69.0 Å². The molecule has 0 fully saturated rings. The van der Waals surface area contributed by atoms with Crippen molar-refractivity contribution in [2.24, 2.45) is 0 Å². The third kappa shape index (κ3) is 5.79. The Hall–Kier alpha value is -3.19. The smallest absolute Gasteiger partial charge is 0.291 e. The summed E-state index contributed by atoms with van der Waals surface area (Å²) in [4.78, 5) is 18.0. The lowest BCUT2D eigenvalue weighted by molar-refractivity contribution is 0.306. The van der Waals surface area contributed by atoms with Gasteiger partial charge in [0.2, 0.25) is 4.96 Å². The Morgan fingerprint density at radius 3 is 2.45 bits per heavy atom. The van der Waals surface area contributed by atoms with Gasteiger partial charge in [0.1, 0.15) is 11.5 Å². The van der Waals surface area contributed by atoms with Gasteiger partial charge in [0.05, 0.1) is 17.7 Å². The SMILES string of the molecule is CCCCCOc1cccc(C=c2sc3nc(-c4ccc(OCCCC)cc4)nn3c2=O)c1. The van der Waals surface area contributed by atoms with Crippen molar-refractivity contribution in [3.8, 4) is 22.9 Å². The van der Waals surface area contributed by atoms with Crippen molar-refractivity contribution < 1.29 is 9.47 Å². The van der Waals surface area contributed by atoms with Gasteiger partial charge in [-0.1, -0.05) is 56.6 Å². The lowest BCUT2D eigenvalue weighted by Gasteiger charge is -2.06. The van der Waals surface area contributed by atoms with Crippen molar-refractivity contribution in [3.63, 3.8) is 0 Å². The van der Waals surface area contributed by atoms with E-state index in [-0.39, 0.29) is 5.56 Å². The average Bonchev–Trinajstić information content (AvgIpc) is 3.37.